The molecule has 0 aliphatic heterocycles. The highest BCUT2D eigenvalue weighted by Crippen LogP contribution is 2.29. The van der Waals surface area contributed by atoms with Crippen LogP contribution in [0.3, 0.4) is 0 Å². The van der Waals surface area contributed by atoms with Crippen LogP contribution in [0.15, 0.2) is 36.9 Å². The van der Waals surface area contributed by atoms with Crippen LogP contribution in [-0.4, -0.2) is 38.9 Å². The van der Waals surface area contributed by atoms with Crippen molar-refractivity contribution in [3.8, 4) is 5.69 Å². The number of nitrogens with one attached hydrogen (secondary N) is 1. The molecule has 0 aliphatic carbocycles. The summed E-state index contributed by atoms with van der Waals surface area (Å²) in [5, 5.41) is 19.8. The molecule has 1 amide bonds. The Morgan fingerprint density at radius 1 is 1.17 bits per heavy atom. The number of amides is 1. The van der Waals surface area contributed by atoms with Crippen LogP contribution < -0.4 is 5.32 Å². The van der Waals surface area contributed by atoms with Gasteiger partial charge < -0.3 is 10.4 Å². The van der Waals surface area contributed by atoms with Gasteiger partial charge in [0.15, 0.2) is 0 Å². The van der Waals surface area contributed by atoms with Crippen molar-refractivity contribution in [1.29, 1.82) is 0 Å². The number of benzene rings is 1. The molecule has 0 aliphatic rings. The number of rotatable bonds is 8. The van der Waals surface area contributed by atoms with Gasteiger partial charge in [0.2, 0.25) is 0 Å². The molecule has 0 saturated carbocycles. The third-order valence-electron chi connectivity index (χ3n) is 4.61. The lowest BCUT2D eigenvalue weighted by atomic mass is 9.79. The van der Waals surface area contributed by atoms with Gasteiger partial charge in [0.05, 0.1) is 0 Å². The fourth-order valence-corrected chi connectivity index (χ4v) is 2.67. The van der Waals surface area contributed by atoms with E-state index in [0.29, 0.717) is 18.5 Å². The Hall–Kier alpha value is -2.21. The molecule has 124 valence electrons. The molecular weight excluding hydrogens is 292 g/mol. The lowest BCUT2D eigenvalue weighted by Crippen LogP contribution is -2.37. The van der Waals surface area contributed by atoms with Crippen LogP contribution >= 0.6 is 0 Å². The molecule has 1 aromatic carbocycles. The average molecular weight is 316 g/mol. The summed E-state index contributed by atoms with van der Waals surface area (Å²) < 4.78 is 1.78. The Morgan fingerprint density at radius 2 is 1.78 bits per heavy atom. The fourth-order valence-electron chi connectivity index (χ4n) is 2.67. The van der Waals surface area contributed by atoms with Gasteiger partial charge in [-0.25, -0.2) is 0 Å². The number of aromatic nitrogens is 3. The van der Waals surface area contributed by atoms with Crippen molar-refractivity contribution in [3.63, 3.8) is 0 Å². The summed E-state index contributed by atoms with van der Waals surface area (Å²) in [6.07, 6.45) is 5.78. The minimum atomic E-state index is -0.0930. The van der Waals surface area contributed by atoms with E-state index in [0.717, 1.165) is 18.5 Å². The predicted octanol–water partition coefficient (Wildman–Crippen LogP) is 2.19. The predicted molar refractivity (Wildman–Crippen MR) is 88.4 cm³/mol. The van der Waals surface area contributed by atoms with Gasteiger partial charge in [0, 0.05) is 24.4 Å². The summed E-state index contributed by atoms with van der Waals surface area (Å²) in [7, 11) is 0. The molecular formula is C17H24N4O2. The molecule has 23 heavy (non-hydrogen) atoms. The second-order valence-corrected chi connectivity index (χ2v) is 5.78. The lowest BCUT2D eigenvalue weighted by Gasteiger charge is -2.31. The van der Waals surface area contributed by atoms with Crippen LogP contribution in [0.5, 0.6) is 0 Å². The normalized spacial score (nSPS) is 11.4. The molecule has 2 rings (SSSR count). The first kappa shape index (κ1) is 17.1. The van der Waals surface area contributed by atoms with Gasteiger partial charge in [-0.3, -0.25) is 9.36 Å². The number of hydrogen-bond donors (Lipinski definition) is 2. The Balaban J connectivity index is 2.00. The smallest absolute Gasteiger partial charge is 0.251 e. The van der Waals surface area contributed by atoms with Crippen LogP contribution in [0.1, 0.15) is 43.5 Å². The molecule has 6 heteroatoms. The van der Waals surface area contributed by atoms with E-state index in [9.17, 15) is 9.90 Å². The maximum absolute atomic E-state index is 12.3. The zero-order chi connectivity index (χ0) is 16.7. The van der Waals surface area contributed by atoms with E-state index in [2.05, 4.69) is 29.4 Å². The maximum Gasteiger partial charge on any atom is 0.251 e. The van der Waals surface area contributed by atoms with Gasteiger partial charge in [-0.2, -0.15) is 0 Å². The number of carbonyl (C=O) groups excluding carboxylic acids is 1. The lowest BCUT2D eigenvalue weighted by molar-refractivity contribution is 0.0907. The van der Waals surface area contributed by atoms with E-state index in [1.54, 1.807) is 29.4 Å². The quantitative estimate of drug-likeness (QED) is 0.782. The zero-order valence-electron chi connectivity index (χ0n) is 13.7. The molecule has 1 heterocycles. The Kier molecular flexibility index (Phi) is 5.87. The monoisotopic (exact) mass is 316 g/mol. The SMILES string of the molecule is CCC(CC)(CCO)CNC(=O)c1ccc(-n2cnnc2)cc1. The second-order valence-electron chi connectivity index (χ2n) is 5.78. The highest BCUT2D eigenvalue weighted by atomic mass is 16.3. The first-order valence-electron chi connectivity index (χ1n) is 7.98. The third-order valence-corrected chi connectivity index (χ3v) is 4.61. The minimum absolute atomic E-state index is 0.0349. The summed E-state index contributed by atoms with van der Waals surface area (Å²) in [6.45, 7) is 4.91. The van der Waals surface area contributed by atoms with Crippen LogP contribution in [0.25, 0.3) is 5.69 Å². The van der Waals surface area contributed by atoms with Crippen molar-refractivity contribution >= 4 is 5.91 Å². The first-order valence-corrected chi connectivity index (χ1v) is 7.98. The molecule has 1 aromatic heterocycles. The van der Waals surface area contributed by atoms with Gasteiger partial charge in [-0.1, -0.05) is 13.8 Å². The average Bonchev–Trinajstić information content (AvgIpc) is 3.13. The Labute approximate surface area is 136 Å². The van der Waals surface area contributed by atoms with E-state index in [1.165, 1.54) is 0 Å². The van der Waals surface area contributed by atoms with Crippen LogP contribution in [0, 0.1) is 5.41 Å². The second kappa shape index (κ2) is 7.87. The molecule has 0 radical (unpaired) electrons. The molecule has 0 unspecified atom stereocenters. The summed E-state index contributed by atoms with van der Waals surface area (Å²) in [5.74, 6) is -0.0930. The van der Waals surface area contributed by atoms with Gasteiger partial charge >= 0.3 is 0 Å². The highest BCUT2D eigenvalue weighted by Gasteiger charge is 2.26. The zero-order valence-corrected chi connectivity index (χ0v) is 13.7. The molecule has 0 spiro atoms. The third kappa shape index (κ3) is 4.16. The Bertz CT molecular complexity index is 604. The summed E-state index contributed by atoms with van der Waals surface area (Å²) in [6, 6.07) is 7.30. The summed E-state index contributed by atoms with van der Waals surface area (Å²) in [5.41, 5.74) is 1.49. The van der Waals surface area contributed by atoms with E-state index < -0.39 is 0 Å². The molecule has 2 aromatic rings. The maximum atomic E-state index is 12.3. The molecule has 0 fully saturated rings. The minimum Gasteiger partial charge on any atom is -0.396 e. The van der Waals surface area contributed by atoms with Gasteiger partial charge in [-0.15, -0.1) is 10.2 Å². The summed E-state index contributed by atoms with van der Waals surface area (Å²) in [4.78, 5) is 12.3. The highest BCUT2D eigenvalue weighted by molar-refractivity contribution is 5.94. The van der Waals surface area contributed by atoms with E-state index in [4.69, 9.17) is 0 Å². The van der Waals surface area contributed by atoms with Crippen LogP contribution in [-0.2, 0) is 0 Å². The summed E-state index contributed by atoms with van der Waals surface area (Å²) >= 11 is 0. The number of carbonyl (C=O) groups is 1. The molecule has 2 N–H and O–H groups in total. The number of aliphatic hydroxyl groups excluding tert-OH is 1. The number of hydrogen-bond acceptors (Lipinski definition) is 4. The largest absolute Gasteiger partial charge is 0.396 e. The fraction of sp³-hybridized carbons (Fsp3) is 0.471. The van der Waals surface area contributed by atoms with Crippen molar-refractivity contribution in [1.82, 2.24) is 20.1 Å². The van der Waals surface area contributed by atoms with Gasteiger partial charge in [0.1, 0.15) is 12.7 Å². The van der Waals surface area contributed by atoms with Gasteiger partial charge in [-0.05, 0) is 48.9 Å². The van der Waals surface area contributed by atoms with Crippen molar-refractivity contribution < 1.29 is 9.90 Å². The van der Waals surface area contributed by atoms with Crippen molar-refractivity contribution in [3.05, 3.63) is 42.5 Å². The number of aliphatic hydroxyl groups is 1. The van der Waals surface area contributed by atoms with E-state index >= 15 is 0 Å². The van der Waals surface area contributed by atoms with Crippen LogP contribution in [0.2, 0.25) is 0 Å². The van der Waals surface area contributed by atoms with Gasteiger partial charge in [0.25, 0.3) is 5.91 Å². The first-order chi connectivity index (χ1) is 11.1. The van der Waals surface area contributed by atoms with E-state index in [-0.39, 0.29) is 17.9 Å². The topological polar surface area (TPSA) is 80.0 Å². The standard InChI is InChI=1S/C17H24N4O2/c1-3-17(4-2,9-10-22)11-18-16(23)14-5-7-15(8-6-14)21-12-19-20-13-21/h5-8,12-13,22H,3-4,9-11H2,1-2H3,(H,18,23). The molecule has 0 atom stereocenters. The molecule has 6 nitrogen and oxygen atoms in total. The Morgan fingerprint density at radius 3 is 2.30 bits per heavy atom. The van der Waals surface area contributed by atoms with Crippen molar-refractivity contribution in [2.45, 2.75) is 33.1 Å². The van der Waals surface area contributed by atoms with Crippen LogP contribution in [0.4, 0.5) is 0 Å². The number of nitrogens with zero attached hydrogens (tertiary/aromatic N) is 3. The van der Waals surface area contributed by atoms with Crippen molar-refractivity contribution in [2.75, 3.05) is 13.2 Å². The van der Waals surface area contributed by atoms with Crippen molar-refractivity contribution in [2.24, 2.45) is 5.41 Å². The molecule has 0 saturated heterocycles. The van der Waals surface area contributed by atoms with E-state index in [1.807, 2.05) is 12.1 Å². The molecule has 0 bridgehead atoms.